The summed E-state index contributed by atoms with van der Waals surface area (Å²) in [5.74, 6) is -0.484. The second-order valence-corrected chi connectivity index (χ2v) is 54.4. The molecule has 0 aromatic heterocycles. The van der Waals surface area contributed by atoms with Gasteiger partial charge in [-0.2, -0.15) is 99.6 Å². The number of unbranched alkanes of at least 4 members (excludes halogenated alkanes) is 38. The standard InChI is InChI=1S/C23H44F3NO3S.C18H23NO3S.C17H32F3NO3S.C12H22F3NO3S.C12H19NO3S.C11H19NO3S.C10H26N2.4K/c1-2-3-4-5-6-7-8-9-10-11-12-13-14-15-16-17-18-19-20-21-22(28)27-31(29,30)23(24,25)26;1-12-2-4-16(5-3-12)23(21,22)19-17(20)18-9-13-6-14(10-18)8-15(7-13)11-18;1-2-3-4-5-6-7-8-9-10-11-12-13-14-15-16(22)21-25(23,24)17(18,19)20;1-2-3-4-5-6-7-8-9-10-11(17)16-20(18,19)12(13,14)15;1-17(15,16)13-11(14)12-5-8-2-9(6-12)4-10(3-8)7-12;1-16(14,15)12-10(13)11-6-2-4-9(8-11)5-3-7-11;1-11(2,3)9-7-8-10-12(4,5)6;;;;/h2-21H2,1H3,(H,27,28);2-5,13-15H,6-11H2,1H3,(H,19,20);2-15H2,1H3,(H,21,22);2-10H2,1H3,(H,16,17);8-10H,2-7H2,1H3,(H,13,14);9H,2-8H2,1H3,(H,12,13);7-10H2,1-6H3;;;;/q;;;;;;+2;4*+1/p-6. The molecule has 0 heterocycles. The number of hydrogen-bond acceptors (Lipinski definition) is 18. The van der Waals surface area contributed by atoms with E-state index in [4.69, 9.17) is 0 Å². The average Bonchev–Trinajstić information content (AvgIpc) is 0.740. The van der Waals surface area contributed by atoms with Gasteiger partial charge in [-0.15, -0.1) is 0 Å². The summed E-state index contributed by atoms with van der Waals surface area (Å²) in [6, 6.07) is 6.53. The summed E-state index contributed by atoms with van der Waals surface area (Å²) in [7, 11) is -14.5. The Morgan fingerprint density at radius 2 is 0.507 bits per heavy atom. The van der Waals surface area contributed by atoms with E-state index in [0.717, 1.165) is 168 Å². The van der Waals surface area contributed by atoms with Gasteiger partial charge in [-0.3, -0.25) is 0 Å². The number of nitrogens with zero attached hydrogens (tertiary/aromatic N) is 8. The van der Waals surface area contributed by atoms with Crippen LogP contribution in [0.4, 0.5) is 39.5 Å². The van der Waals surface area contributed by atoms with Crippen LogP contribution in [-0.4, -0.2) is 179 Å². The van der Waals surface area contributed by atoms with Crippen LogP contribution in [0.15, 0.2) is 55.5 Å². The zero-order valence-electron chi connectivity index (χ0n) is 92.8. The first-order valence-electron chi connectivity index (χ1n) is 53.8. The molecular weight excluding hydrogens is 2160 g/mol. The molecule has 45 heteroatoms. The molecule has 0 N–H and O–H groups in total. The van der Waals surface area contributed by atoms with E-state index in [-0.39, 0.29) is 241 Å². The molecule has 148 heavy (non-hydrogen) atoms. The zero-order valence-corrected chi connectivity index (χ0v) is 110. The molecule has 842 valence electrons. The summed E-state index contributed by atoms with van der Waals surface area (Å²) in [4.78, 5) is 0.112. The van der Waals surface area contributed by atoms with Gasteiger partial charge in [0.15, 0.2) is 0 Å². The molecule has 0 atom stereocenters. The van der Waals surface area contributed by atoms with Crippen molar-refractivity contribution >= 4 is 95.5 Å². The number of hydrogen-bond donors (Lipinski definition) is 0. The molecule has 10 fully saturated rings. The Bertz CT molecular complexity index is 4680. The van der Waals surface area contributed by atoms with Crippen molar-refractivity contribution in [2.24, 2.45) is 84.1 Å². The van der Waals surface area contributed by atoms with Crippen LogP contribution in [-0.2, 0) is 60.1 Å². The molecule has 10 bridgehead atoms. The number of halogens is 9. The van der Waals surface area contributed by atoms with Crippen LogP contribution >= 0.6 is 0 Å². The van der Waals surface area contributed by atoms with Crippen LogP contribution in [0.25, 0.3) is 0 Å². The van der Waals surface area contributed by atoms with Gasteiger partial charge in [-0.25, -0.2) is 16.8 Å². The molecule has 0 spiro atoms. The van der Waals surface area contributed by atoms with Crippen LogP contribution < -0.4 is 236 Å². The Balaban J connectivity index is 0. The Kier molecular flexibility index (Phi) is 77.7. The Hall–Kier alpha value is 1.58. The van der Waals surface area contributed by atoms with E-state index < -0.39 is 117 Å². The minimum atomic E-state index is -5.70. The number of benzene rings is 1. The molecule has 0 radical (unpaired) electrons. The first kappa shape index (κ1) is 152. The van der Waals surface area contributed by atoms with Crippen LogP contribution in [0.1, 0.15) is 437 Å². The minimum absolute atomic E-state index is 0. The fraction of sp³-hybridized carbons (Fsp3) is 0.883. The van der Waals surface area contributed by atoms with Crippen molar-refractivity contribution in [3.05, 3.63) is 29.8 Å². The normalized spacial score (nSPS) is 22.7. The molecule has 1 aromatic carbocycles. The molecule has 10 saturated carbocycles. The molecule has 26 nitrogen and oxygen atoms in total. The van der Waals surface area contributed by atoms with Gasteiger partial charge >= 0.3 is 252 Å². The number of rotatable bonds is 58. The molecule has 11 rings (SSSR count). The second-order valence-electron chi connectivity index (χ2n) is 44.8. The predicted molar refractivity (Wildman–Crippen MR) is 548 cm³/mol. The van der Waals surface area contributed by atoms with Gasteiger partial charge < -0.3 is 39.6 Å². The van der Waals surface area contributed by atoms with Gasteiger partial charge in [0, 0.05) is 23.7 Å². The van der Waals surface area contributed by atoms with Crippen molar-refractivity contribution in [2.45, 2.75) is 460 Å². The van der Waals surface area contributed by atoms with E-state index >= 15 is 0 Å². The smallest absolute Gasteiger partial charge is 0.861 e. The van der Waals surface area contributed by atoms with Gasteiger partial charge in [0.25, 0.3) is 10.0 Å². The van der Waals surface area contributed by atoms with E-state index in [1.54, 1.807) is 12.1 Å². The maximum Gasteiger partial charge on any atom is 1.00 e. The predicted octanol–water partition coefficient (Wildman–Crippen LogP) is 9.46. The van der Waals surface area contributed by atoms with Gasteiger partial charge in [-0.05, 0) is 236 Å². The van der Waals surface area contributed by atoms with Crippen LogP contribution in [0, 0.1) is 64.6 Å². The Morgan fingerprint density at radius 3 is 0.716 bits per heavy atom. The number of quaternary nitrogens is 2. The van der Waals surface area contributed by atoms with Crippen molar-refractivity contribution in [3.63, 3.8) is 0 Å². The maximum absolute atomic E-state index is 12.8. The molecule has 10 aliphatic carbocycles. The number of fused-ring (bicyclic) bond motifs is 2. The van der Waals surface area contributed by atoms with Crippen molar-refractivity contribution in [1.29, 1.82) is 0 Å². The van der Waals surface area contributed by atoms with E-state index in [0.29, 0.717) is 80.0 Å². The average molecular weight is 2340 g/mol. The number of alkyl halides is 9. The Labute approximate surface area is 1060 Å². The SMILES string of the molecule is CCCCCCCCCCC([O-])=NS(=O)(=O)C(F)(F)F.CCCCCCCCCCCCCCCC([O-])=NS(=O)(=O)C(F)(F)F.CCCCCCCCCCCCCCCCCCCCCC([O-])=NS(=O)(=O)C(F)(F)F.CS(=O)(=O)N=C([O-])C12CC3CC(CC(C3)C1)C2.CS(=O)(=O)N=C([O-])C12CCCC(CCC1)C2.C[N+](C)(C)CCCC[N+](C)(C)C.Cc1ccc(S(=O)(=O)N=C([O-])C23CC4CC(CC(C4)C2)C3)cc1.[K+].[K+].[K+].[K+]. The first-order chi connectivity index (χ1) is 67.0. The van der Waals surface area contributed by atoms with E-state index in [9.17, 15) is 121 Å². The van der Waals surface area contributed by atoms with Crippen molar-refractivity contribution < 1.29 is 335 Å². The summed E-state index contributed by atoms with van der Waals surface area (Å²) < 4.78 is 261. The zero-order chi connectivity index (χ0) is 108. The summed E-state index contributed by atoms with van der Waals surface area (Å²) in [6.07, 6.45) is 68.1. The fourth-order valence-corrected chi connectivity index (χ4v) is 25.5. The van der Waals surface area contributed by atoms with Gasteiger partial charge in [-0.1, -0.05) is 302 Å². The molecule has 0 saturated heterocycles. The third kappa shape index (κ3) is 65.2. The first-order valence-corrected chi connectivity index (χ1v) is 63.3. The molecule has 0 aliphatic heterocycles. The molecular formula is C103H179F9K4N8O18S6. The van der Waals surface area contributed by atoms with E-state index in [2.05, 4.69) is 89.4 Å². The summed E-state index contributed by atoms with van der Waals surface area (Å²) >= 11 is 0. The van der Waals surface area contributed by atoms with Crippen LogP contribution in [0.3, 0.4) is 0 Å². The fourth-order valence-electron chi connectivity index (χ4n) is 22.1. The quantitative estimate of drug-likeness (QED) is 0.0146. The summed E-state index contributed by atoms with van der Waals surface area (Å²) in [5.41, 5.74) is -16.9. The minimum Gasteiger partial charge on any atom is -0.861 e. The molecule has 1 aromatic rings. The monoisotopic (exact) mass is 2340 g/mol. The number of aryl methyl sites for hydroxylation is 1. The molecule has 10 aliphatic rings. The van der Waals surface area contributed by atoms with Gasteiger partial charge in [0.05, 0.1) is 72.8 Å². The van der Waals surface area contributed by atoms with Crippen LogP contribution in [0.2, 0.25) is 0 Å². The molecule has 0 amide bonds. The van der Waals surface area contributed by atoms with Crippen molar-refractivity contribution in [1.82, 2.24) is 0 Å². The maximum atomic E-state index is 12.8. The van der Waals surface area contributed by atoms with E-state index in [1.165, 1.54) is 237 Å². The number of sulfonamides is 6. The molecule has 0 unspecified atom stereocenters. The van der Waals surface area contributed by atoms with E-state index in [1.807, 2.05) is 6.92 Å². The second kappa shape index (κ2) is 75.8. The van der Waals surface area contributed by atoms with Crippen LogP contribution in [0.5, 0.6) is 0 Å². The largest absolute Gasteiger partial charge is 1.00 e. The Morgan fingerprint density at radius 1 is 0.304 bits per heavy atom. The van der Waals surface area contributed by atoms with Gasteiger partial charge in [0.1, 0.15) is 0 Å². The summed E-state index contributed by atoms with van der Waals surface area (Å²) in [6.45, 7) is 11.0. The third-order valence-electron chi connectivity index (χ3n) is 28.9. The van der Waals surface area contributed by atoms with Gasteiger partial charge in [0.2, 0.25) is 20.0 Å². The third-order valence-corrected chi connectivity index (χ3v) is 34.2. The van der Waals surface area contributed by atoms with Crippen molar-refractivity contribution in [3.8, 4) is 0 Å². The summed E-state index contributed by atoms with van der Waals surface area (Å²) in [5, 5.41) is 70.4. The van der Waals surface area contributed by atoms with Crippen molar-refractivity contribution in [2.75, 3.05) is 67.9 Å². The topological polar surface area (TPSA) is 417 Å².